The zero-order valence-electron chi connectivity index (χ0n) is 17.7. The van der Waals surface area contributed by atoms with Crippen LogP contribution in [0.25, 0.3) is 5.57 Å². The van der Waals surface area contributed by atoms with E-state index in [4.69, 9.17) is 11.6 Å². The first-order valence-corrected chi connectivity index (χ1v) is 10.5. The molecule has 0 unspecified atom stereocenters. The minimum atomic E-state index is -0.338. The van der Waals surface area contributed by atoms with Gasteiger partial charge in [-0.25, -0.2) is 0 Å². The molecule has 1 aliphatic rings. The van der Waals surface area contributed by atoms with Crippen molar-refractivity contribution in [1.82, 2.24) is 4.90 Å². The van der Waals surface area contributed by atoms with E-state index in [-0.39, 0.29) is 24.1 Å². The maximum Gasteiger partial charge on any atom is 0.278 e. The van der Waals surface area contributed by atoms with Crippen LogP contribution in [-0.4, -0.2) is 16.7 Å². The zero-order chi connectivity index (χ0) is 22.1. The molecule has 4 rings (SSSR count). The highest BCUT2D eigenvalue weighted by atomic mass is 35.5. The standard InChI is InChI=1S/C26H23ClN2O2/c1-16-4-7-19(8-5-16)15-29-25(30)23(20-9-11-21(27)12-10-20)24(26(29)31)28-22-13-6-17(2)14-18(22)3/h4-14,28H,15H2,1-3H3. The van der Waals surface area contributed by atoms with Crippen molar-refractivity contribution in [3.05, 3.63) is 105 Å². The SMILES string of the molecule is Cc1ccc(CN2C(=O)C(Nc3ccc(C)cc3C)=C(c3ccc(Cl)cc3)C2=O)cc1. The molecule has 156 valence electrons. The van der Waals surface area contributed by atoms with Crippen LogP contribution in [0.15, 0.2) is 72.4 Å². The molecule has 0 atom stereocenters. The lowest BCUT2D eigenvalue weighted by atomic mass is 10.0. The molecule has 0 aliphatic carbocycles. The molecule has 0 fully saturated rings. The molecule has 5 heteroatoms. The Labute approximate surface area is 187 Å². The first-order chi connectivity index (χ1) is 14.8. The third-order valence-corrected chi connectivity index (χ3v) is 5.66. The number of hydrogen-bond acceptors (Lipinski definition) is 3. The number of anilines is 1. The van der Waals surface area contributed by atoms with Gasteiger partial charge in [0.05, 0.1) is 12.1 Å². The highest BCUT2D eigenvalue weighted by molar-refractivity contribution is 6.36. The summed E-state index contributed by atoms with van der Waals surface area (Å²) >= 11 is 6.04. The van der Waals surface area contributed by atoms with Crippen molar-refractivity contribution >= 4 is 34.7 Å². The molecule has 1 aliphatic heterocycles. The zero-order valence-corrected chi connectivity index (χ0v) is 18.5. The van der Waals surface area contributed by atoms with Crippen LogP contribution in [-0.2, 0) is 16.1 Å². The van der Waals surface area contributed by atoms with Crippen molar-refractivity contribution in [2.24, 2.45) is 0 Å². The number of aryl methyl sites for hydroxylation is 3. The number of carbonyl (C=O) groups is 2. The second kappa shape index (κ2) is 8.40. The lowest BCUT2D eigenvalue weighted by Crippen LogP contribution is -2.32. The summed E-state index contributed by atoms with van der Waals surface area (Å²) in [5, 5.41) is 3.81. The lowest BCUT2D eigenvalue weighted by Gasteiger charge is -2.16. The van der Waals surface area contributed by atoms with E-state index in [0.717, 1.165) is 27.9 Å². The van der Waals surface area contributed by atoms with Gasteiger partial charge in [0.25, 0.3) is 11.8 Å². The third-order valence-electron chi connectivity index (χ3n) is 5.40. The molecule has 31 heavy (non-hydrogen) atoms. The van der Waals surface area contributed by atoms with Gasteiger partial charge in [-0.3, -0.25) is 14.5 Å². The molecule has 0 bridgehead atoms. The summed E-state index contributed by atoms with van der Waals surface area (Å²) in [7, 11) is 0. The van der Waals surface area contributed by atoms with Crippen molar-refractivity contribution in [1.29, 1.82) is 0 Å². The molecular weight excluding hydrogens is 408 g/mol. The third kappa shape index (κ3) is 4.25. The molecule has 1 heterocycles. The first kappa shape index (κ1) is 20.9. The van der Waals surface area contributed by atoms with Crippen LogP contribution in [0.2, 0.25) is 5.02 Å². The van der Waals surface area contributed by atoms with Gasteiger partial charge < -0.3 is 5.32 Å². The Hall–Kier alpha value is -3.37. The first-order valence-electron chi connectivity index (χ1n) is 10.1. The number of nitrogens with zero attached hydrogens (tertiary/aromatic N) is 1. The number of imide groups is 1. The molecule has 0 saturated heterocycles. The van der Waals surface area contributed by atoms with Crippen LogP contribution in [0.3, 0.4) is 0 Å². The number of nitrogens with one attached hydrogen (secondary N) is 1. The minimum absolute atomic E-state index is 0.215. The van der Waals surface area contributed by atoms with E-state index in [2.05, 4.69) is 5.32 Å². The number of halogens is 1. The molecule has 3 aromatic carbocycles. The van der Waals surface area contributed by atoms with Gasteiger partial charge in [-0.15, -0.1) is 0 Å². The molecule has 2 amide bonds. The monoisotopic (exact) mass is 430 g/mol. The topological polar surface area (TPSA) is 49.4 Å². The van der Waals surface area contributed by atoms with Gasteiger partial charge in [0.2, 0.25) is 0 Å². The number of amides is 2. The second-order valence-electron chi connectivity index (χ2n) is 7.88. The summed E-state index contributed by atoms with van der Waals surface area (Å²) in [6.45, 7) is 6.21. The van der Waals surface area contributed by atoms with Gasteiger partial charge in [0, 0.05) is 10.7 Å². The van der Waals surface area contributed by atoms with Gasteiger partial charge in [-0.2, -0.15) is 0 Å². The fraction of sp³-hybridized carbons (Fsp3) is 0.154. The number of benzene rings is 3. The van der Waals surface area contributed by atoms with Crippen LogP contribution in [0.4, 0.5) is 5.69 Å². The fourth-order valence-corrected chi connectivity index (χ4v) is 3.81. The summed E-state index contributed by atoms with van der Waals surface area (Å²) in [5.41, 5.74) is 6.24. The van der Waals surface area contributed by atoms with E-state index in [9.17, 15) is 9.59 Å². The summed E-state index contributed by atoms with van der Waals surface area (Å²) in [6.07, 6.45) is 0. The largest absolute Gasteiger partial charge is 0.350 e. The highest BCUT2D eigenvalue weighted by Gasteiger charge is 2.39. The van der Waals surface area contributed by atoms with Crippen molar-refractivity contribution in [3.8, 4) is 0 Å². The normalized spacial score (nSPS) is 13.9. The molecule has 0 saturated carbocycles. The molecule has 0 spiro atoms. The van der Waals surface area contributed by atoms with E-state index < -0.39 is 0 Å². The van der Waals surface area contributed by atoms with E-state index in [1.54, 1.807) is 24.3 Å². The van der Waals surface area contributed by atoms with E-state index in [1.807, 2.05) is 63.2 Å². The predicted molar refractivity (Wildman–Crippen MR) is 125 cm³/mol. The Morgan fingerprint density at radius 3 is 2.10 bits per heavy atom. The van der Waals surface area contributed by atoms with Crippen molar-refractivity contribution in [3.63, 3.8) is 0 Å². The van der Waals surface area contributed by atoms with Gasteiger partial charge in [-0.05, 0) is 55.7 Å². The van der Waals surface area contributed by atoms with Crippen LogP contribution in [0.1, 0.15) is 27.8 Å². The Morgan fingerprint density at radius 2 is 1.45 bits per heavy atom. The van der Waals surface area contributed by atoms with E-state index in [0.29, 0.717) is 16.2 Å². The Morgan fingerprint density at radius 1 is 0.806 bits per heavy atom. The fourth-order valence-electron chi connectivity index (χ4n) is 3.68. The summed E-state index contributed by atoms with van der Waals surface area (Å²) in [6, 6.07) is 20.7. The summed E-state index contributed by atoms with van der Waals surface area (Å²) in [5.74, 6) is -0.657. The molecule has 1 N–H and O–H groups in total. The lowest BCUT2D eigenvalue weighted by molar-refractivity contribution is -0.137. The van der Waals surface area contributed by atoms with Gasteiger partial charge in [-0.1, -0.05) is 71.3 Å². The molecule has 0 radical (unpaired) electrons. The maximum absolute atomic E-state index is 13.4. The van der Waals surface area contributed by atoms with Crippen molar-refractivity contribution in [2.75, 3.05) is 5.32 Å². The second-order valence-corrected chi connectivity index (χ2v) is 8.32. The van der Waals surface area contributed by atoms with Gasteiger partial charge in [0.1, 0.15) is 5.70 Å². The smallest absolute Gasteiger partial charge is 0.278 e. The van der Waals surface area contributed by atoms with Crippen LogP contribution >= 0.6 is 11.6 Å². The van der Waals surface area contributed by atoms with Crippen molar-refractivity contribution < 1.29 is 9.59 Å². The average Bonchev–Trinajstić information content (AvgIpc) is 2.96. The van der Waals surface area contributed by atoms with Crippen LogP contribution in [0.5, 0.6) is 0 Å². The summed E-state index contributed by atoms with van der Waals surface area (Å²) in [4.78, 5) is 28.1. The quantitative estimate of drug-likeness (QED) is 0.531. The molecule has 4 nitrogen and oxygen atoms in total. The number of rotatable bonds is 5. The minimum Gasteiger partial charge on any atom is -0.350 e. The van der Waals surface area contributed by atoms with E-state index >= 15 is 0 Å². The van der Waals surface area contributed by atoms with E-state index in [1.165, 1.54) is 4.90 Å². The Bertz CT molecular complexity index is 1200. The van der Waals surface area contributed by atoms with Crippen LogP contribution in [0, 0.1) is 20.8 Å². The predicted octanol–water partition coefficient (Wildman–Crippen LogP) is 5.66. The average molecular weight is 431 g/mol. The molecule has 0 aromatic heterocycles. The van der Waals surface area contributed by atoms with Gasteiger partial charge in [0.15, 0.2) is 0 Å². The highest BCUT2D eigenvalue weighted by Crippen LogP contribution is 2.33. The maximum atomic E-state index is 13.4. The van der Waals surface area contributed by atoms with Crippen LogP contribution < -0.4 is 5.32 Å². The Balaban J connectivity index is 1.75. The summed E-state index contributed by atoms with van der Waals surface area (Å²) < 4.78 is 0. The molecule has 3 aromatic rings. The van der Waals surface area contributed by atoms with Gasteiger partial charge >= 0.3 is 0 Å². The number of hydrogen-bond donors (Lipinski definition) is 1. The number of carbonyl (C=O) groups excluding carboxylic acids is 2. The van der Waals surface area contributed by atoms with Crippen molar-refractivity contribution in [2.45, 2.75) is 27.3 Å². The Kier molecular flexibility index (Phi) is 5.66. The molecular formula is C26H23ClN2O2.